The lowest BCUT2D eigenvalue weighted by Gasteiger charge is -2.23. The van der Waals surface area contributed by atoms with Gasteiger partial charge in [-0.25, -0.2) is 4.39 Å². The van der Waals surface area contributed by atoms with E-state index < -0.39 is 17.8 Å². The summed E-state index contributed by atoms with van der Waals surface area (Å²) in [4.78, 5) is 27.7. The topological polar surface area (TPSA) is 50.5 Å². The number of nitrogens with zero attached hydrogens (tertiary/aromatic N) is 1. The molecular weight excluding hydrogens is 369 g/mol. The molecule has 0 saturated heterocycles. The average molecular weight is 384 g/mol. The normalized spacial score (nSPS) is 16.0. The number of hydrogen-bond acceptors (Lipinski definition) is 3. The van der Waals surface area contributed by atoms with Crippen molar-refractivity contribution in [2.75, 3.05) is 6.54 Å². The molecule has 1 unspecified atom stereocenters. The molecule has 0 aliphatic carbocycles. The third-order valence-electron chi connectivity index (χ3n) is 4.76. The van der Waals surface area contributed by atoms with Gasteiger partial charge < -0.3 is 9.32 Å². The van der Waals surface area contributed by atoms with Gasteiger partial charge in [-0.3, -0.25) is 9.59 Å². The summed E-state index contributed by atoms with van der Waals surface area (Å²) >= 11 is 6.18. The number of carbonyl (C=O) groups is 1. The molecule has 1 aliphatic heterocycles. The van der Waals surface area contributed by atoms with E-state index in [0.717, 1.165) is 5.56 Å². The van der Waals surface area contributed by atoms with E-state index in [-0.39, 0.29) is 23.3 Å². The Morgan fingerprint density at radius 1 is 1.26 bits per heavy atom. The molecule has 0 fully saturated rings. The van der Waals surface area contributed by atoms with Crippen molar-refractivity contribution in [1.29, 1.82) is 0 Å². The Balaban J connectivity index is 2.03. The van der Waals surface area contributed by atoms with E-state index in [1.54, 1.807) is 37.3 Å². The minimum Gasteiger partial charge on any atom is -0.450 e. The molecule has 4 nitrogen and oxygen atoms in total. The van der Waals surface area contributed by atoms with Gasteiger partial charge in [0, 0.05) is 11.6 Å². The molecule has 2 heterocycles. The van der Waals surface area contributed by atoms with Crippen molar-refractivity contribution >= 4 is 28.5 Å². The second kappa shape index (κ2) is 6.35. The molecule has 0 N–H and O–H groups in total. The Kier molecular flexibility index (Phi) is 4.12. The molecule has 1 atom stereocenters. The van der Waals surface area contributed by atoms with Crippen LogP contribution in [-0.2, 0) is 0 Å². The highest BCUT2D eigenvalue weighted by molar-refractivity contribution is 6.32. The van der Waals surface area contributed by atoms with Crippen LogP contribution in [0.5, 0.6) is 0 Å². The van der Waals surface area contributed by atoms with Crippen LogP contribution in [0, 0.1) is 12.7 Å². The van der Waals surface area contributed by atoms with Crippen molar-refractivity contribution in [3.8, 4) is 0 Å². The molecule has 1 aliphatic rings. The summed E-state index contributed by atoms with van der Waals surface area (Å²) in [6, 6.07) is 8.25. The maximum Gasteiger partial charge on any atom is 0.291 e. The van der Waals surface area contributed by atoms with E-state index in [1.807, 2.05) is 0 Å². The Bertz CT molecular complexity index is 1150. The number of amides is 1. The molecule has 1 amide bonds. The fraction of sp³-hybridized carbons (Fsp3) is 0.143. The average Bonchev–Trinajstić information content (AvgIpc) is 2.91. The summed E-state index contributed by atoms with van der Waals surface area (Å²) in [5.74, 6) is -0.789. The number of carbonyl (C=O) groups excluding carboxylic acids is 1. The van der Waals surface area contributed by atoms with Gasteiger partial charge in [0.15, 0.2) is 5.43 Å². The third-order valence-corrected chi connectivity index (χ3v) is 5.17. The fourth-order valence-electron chi connectivity index (χ4n) is 3.46. The second-order valence-corrected chi connectivity index (χ2v) is 6.88. The lowest BCUT2D eigenvalue weighted by atomic mass is 9.98. The molecule has 0 radical (unpaired) electrons. The van der Waals surface area contributed by atoms with Crippen LogP contribution >= 0.6 is 11.6 Å². The van der Waals surface area contributed by atoms with Crippen LogP contribution in [0.1, 0.15) is 33.3 Å². The summed E-state index contributed by atoms with van der Waals surface area (Å²) in [6.45, 7) is 5.70. The number of halogens is 2. The molecule has 4 rings (SSSR count). The van der Waals surface area contributed by atoms with Crippen molar-refractivity contribution in [3.05, 3.63) is 92.6 Å². The van der Waals surface area contributed by atoms with Crippen LogP contribution in [0.2, 0.25) is 5.02 Å². The largest absolute Gasteiger partial charge is 0.450 e. The van der Waals surface area contributed by atoms with E-state index in [9.17, 15) is 14.0 Å². The standard InChI is InChI=1S/C21H15ClFNO3/c1-3-8-24-18(12-4-6-13(23)7-5-12)17-19(25)14-10-15(22)11(2)9-16(14)27-20(17)21(24)26/h3-7,9-10,18H,1,8H2,2H3. The van der Waals surface area contributed by atoms with E-state index >= 15 is 0 Å². The molecule has 6 heteroatoms. The lowest BCUT2D eigenvalue weighted by Crippen LogP contribution is -2.29. The maximum atomic E-state index is 13.4. The van der Waals surface area contributed by atoms with Gasteiger partial charge in [0.2, 0.25) is 5.76 Å². The first-order valence-corrected chi connectivity index (χ1v) is 8.74. The minimum atomic E-state index is -0.674. The number of aryl methyl sites for hydroxylation is 1. The SMILES string of the molecule is C=CCN1C(=O)c2oc3cc(C)c(Cl)cc3c(=O)c2C1c1ccc(F)cc1. The van der Waals surface area contributed by atoms with Crippen LogP contribution in [0.4, 0.5) is 4.39 Å². The Labute approximate surface area is 159 Å². The monoisotopic (exact) mass is 383 g/mol. The summed E-state index contributed by atoms with van der Waals surface area (Å²) < 4.78 is 19.2. The Morgan fingerprint density at radius 3 is 2.63 bits per heavy atom. The Hall–Kier alpha value is -2.92. The van der Waals surface area contributed by atoms with Crippen molar-refractivity contribution in [3.63, 3.8) is 0 Å². The zero-order valence-corrected chi connectivity index (χ0v) is 15.2. The predicted octanol–water partition coefficient (Wildman–Crippen LogP) is 4.63. The first kappa shape index (κ1) is 17.5. The molecule has 2 aromatic carbocycles. The van der Waals surface area contributed by atoms with Crippen LogP contribution in [-0.4, -0.2) is 17.4 Å². The highest BCUT2D eigenvalue weighted by atomic mass is 35.5. The molecule has 0 saturated carbocycles. The van der Waals surface area contributed by atoms with Crippen molar-refractivity contribution < 1.29 is 13.6 Å². The maximum absolute atomic E-state index is 13.4. The quantitative estimate of drug-likeness (QED) is 0.620. The fourth-order valence-corrected chi connectivity index (χ4v) is 3.62. The van der Waals surface area contributed by atoms with Crippen LogP contribution in [0.25, 0.3) is 11.0 Å². The van der Waals surface area contributed by atoms with Gasteiger partial charge in [0.1, 0.15) is 11.4 Å². The van der Waals surface area contributed by atoms with Gasteiger partial charge in [0.05, 0.1) is 17.0 Å². The van der Waals surface area contributed by atoms with Gasteiger partial charge in [0.25, 0.3) is 5.91 Å². The van der Waals surface area contributed by atoms with Crippen molar-refractivity contribution in [1.82, 2.24) is 4.90 Å². The second-order valence-electron chi connectivity index (χ2n) is 6.47. The summed E-state index contributed by atoms with van der Waals surface area (Å²) in [5.41, 5.74) is 1.60. The van der Waals surface area contributed by atoms with E-state index in [4.69, 9.17) is 16.0 Å². The highest BCUT2D eigenvalue weighted by Crippen LogP contribution is 2.38. The van der Waals surface area contributed by atoms with E-state index in [2.05, 4.69) is 6.58 Å². The van der Waals surface area contributed by atoms with Crippen LogP contribution in [0.15, 0.2) is 58.3 Å². The minimum absolute atomic E-state index is 0.00500. The van der Waals surface area contributed by atoms with Crippen molar-refractivity contribution in [2.24, 2.45) is 0 Å². The number of benzene rings is 2. The van der Waals surface area contributed by atoms with Crippen LogP contribution < -0.4 is 5.43 Å². The third kappa shape index (κ3) is 2.66. The lowest BCUT2D eigenvalue weighted by molar-refractivity contribution is 0.0748. The zero-order valence-electron chi connectivity index (χ0n) is 14.5. The van der Waals surface area contributed by atoms with Gasteiger partial charge in [-0.1, -0.05) is 29.8 Å². The number of fused-ring (bicyclic) bond motifs is 2. The number of rotatable bonds is 3. The van der Waals surface area contributed by atoms with Gasteiger partial charge >= 0.3 is 0 Å². The molecule has 136 valence electrons. The summed E-state index contributed by atoms with van der Waals surface area (Å²) in [5, 5.41) is 0.755. The highest BCUT2D eigenvalue weighted by Gasteiger charge is 2.42. The van der Waals surface area contributed by atoms with Crippen molar-refractivity contribution in [2.45, 2.75) is 13.0 Å². The molecule has 3 aromatic rings. The van der Waals surface area contributed by atoms with Gasteiger partial charge in [-0.05, 0) is 42.3 Å². The zero-order chi connectivity index (χ0) is 19.3. The van der Waals surface area contributed by atoms with Gasteiger partial charge in [-0.2, -0.15) is 0 Å². The van der Waals surface area contributed by atoms with Crippen LogP contribution in [0.3, 0.4) is 0 Å². The molecule has 0 spiro atoms. The molecule has 27 heavy (non-hydrogen) atoms. The molecule has 1 aromatic heterocycles. The Morgan fingerprint density at radius 2 is 1.96 bits per heavy atom. The molecular formula is C21H15ClFNO3. The first-order valence-electron chi connectivity index (χ1n) is 8.36. The molecule has 0 bridgehead atoms. The summed E-state index contributed by atoms with van der Waals surface area (Å²) in [6.07, 6.45) is 1.57. The van der Waals surface area contributed by atoms with Gasteiger partial charge in [-0.15, -0.1) is 6.58 Å². The van der Waals surface area contributed by atoms with E-state index in [0.29, 0.717) is 21.6 Å². The van der Waals surface area contributed by atoms with E-state index in [1.165, 1.54) is 17.0 Å². The summed E-state index contributed by atoms with van der Waals surface area (Å²) in [7, 11) is 0. The predicted molar refractivity (Wildman–Crippen MR) is 102 cm³/mol. The smallest absolute Gasteiger partial charge is 0.291 e. The first-order chi connectivity index (χ1) is 12.9. The number of hydrogen-bond donors (Lipinski definition) is 0.